The van der Waals surface area contributed by atoms with Crippen molar-refractivity contribution >= 4 is 5.91 Å². The Labute approximate surface area is 148 Å². The first-order chi connectivity index (χ1) is 12.2. The molecule has 5 heteroatoms. The molecule has 2 aromatic rings. The highest BCUT2D eigenvalue weighted by Gasteiger charge is 2.14. The maximum absolute atomic E-state index is 12.3. The Kier molecular flexibility index (Phi) is 7.48. The molecule has 5 nitrogen and oxygen atoms in total. The first kappa shape index (κ1) is 18.5. The van der Waals surface area contributed by atoms with Crippen LogP contribution in [0.1, 0.15) is 23.6 Å². The van der Waals surface area contributed by atoms with E-state index >= 15 is 0 Å². The molecule has 0 fully saturated rings. The van der Waals surface area contributed by atoms with Crippen molar-refractivity contribution in [3.8, 4) is 11.8 Å². The number of hydrogen-bond donors (Lipinski definition) is 1. The van der Waals surface area contributed by atoms with E-state index in [1.165, 1.54) is 0 Å². The summed E-state index contributed by atoms with van der Waals surface area (Å²) in [7, 11) is 1.63. The summed E-state index contributed by atoms with van der Waals surface area (Å²) in [5.41, 5.74) is 1.82. The third-order valence-electron chi connectivity index (χ3n) is 3.68. The summed E-state index contributed by atoms with van der Waals surface area (Å²) < 4.78 is 10.4. The van der Waals surface area contributed by atoms with E-state index in [2.05, 4.69) is 11.4 Å². The monoisotopic (exact) mass is 338 g/mol. The molecule has 1 unspecified atom stereocenters. The highest BCUT2D eigenvalue weighted by atomic mass is 16.5. The van der Waals surface area contributed by atoms with Crippen LogP contribution < -0.4 is 10.1 Å². The summed E-state index contributed by atoms with van der Waals surface area (Å²) in [6.07, 6.45) is 0.495. The molecule has 130 valence electrons. The quantitative estimate of drug-likeness (QED) is 0.714. The lowest BCUT2D eigenvalue weighted by Gasteiger charge is -2.16. The van der Waals surface area contributed by atoms with Gasteiger partial charge in [-0.15, -0.1) is 0 Å². The molecule has 2 rings (SSSR count). The van der Waals surface area contributed by atoms with Crippen LogP contribution in [0.5, 0.6) is 5.75 Å². The predicted molar refractivity (Wildman–Crippen MR) is 95.1 cm³/mol. The van der Waals surface area contributed by atoms with Gasteiger partial charge in [-0.25, -0.2) is 0 Å². The Morgan fingerprint density at radius 1 is 1.12 bits per heavy atom. The van der Waals surface area contributed by atoms with Gasteiger partial charge in [-0.3, -0.25) is 4.79 Å². The molecule has 25 heavy (non-hydrogen) atoms. The molecule has 0 radical (unpaired) electrons. The molecule has 0 bridgehead atoms. The van der Waals surface area contributed by atoms with Crippen molar-refractivity contribution in [3.63, 3.8) is 0 Å². The maximum Gasteiger partial charge on any atom is 0.224 e. The van der Waals surface area contributed by atoms with Crippen molar-refractivity contribution in [1.82, 2.24) is 5.32 Å². The fraction of sp³-hybridized carbons (Fsp3) is 0.300. The molecule has 0 spiro atoms. The van der Waals surface area contributed by atoms with Crippen LogP contribution >= 0.6 is 0 Å². The van der Waals surface area contributed by atoms with E-state index in [1.807, 2.05) is 54.6 Å². The first-order valence-corrected chi connectivity index (χ1v) is 8.15. The summed E-state index contributed by atoms with van der Waals surface area (Å²) >= 11 is 0. The molecular formula is C20H22N2O3. The highest BCUT2D eigenvalue weighted by Crippen LogP contribution is 2.17. The van der Waals surface area contributed by atoms with Crippen molar-refractivity contribution < 1.29 is 14.3 Å². The Morgan fingerprint density at radius 2 is 1.84 bits per heavy atom. The number of carbonyl (C=O) groups excluding carboxylic acids is 1. The van der Waals surface area contributed by atoms with Gasteiger partial charge in [-0.1, -0.05) is 42.5 Å². The van der Waals surface area contributed by atoms with Crippen LogP contribution in [0.15, 0.2) is 54.6 Å². The molecule has 0 saturated carbocycles. The van der Waals surface area contributed by atoms with Gasteiger partial charge in [0.2, 0.25) is 5.91 Å². The number of hydrogen-bond acceptors (Lipinski definition) is 4. The number of nitriles is 1. The van der Waals surface area contributed by atoms with Gasteiger partial charge < -0.3 is 14.8 Å². The summed E-state index contributed by atoms with van der Waals surface area (Å²) in [4.78, 5) is 12.3. The number of amides is 1. The summed E-state index contributed by atoms with van der Waals surface area (Å²) in [6.45, 7) is 1.02. The lowest BCUT2D eigenvalue weighted by molar-refractivity contribution is -0.121. The lowest BCUT2D eigenvalue weighted by Crippen LogP contribution is -2.29. The number of benzene rings is 2. The average Bonchev–Trinajstić information content (AvgIpc) is 2.64. The Hall–Kier alpha value is -2.84. The minimum Gasteiger partial charge on any atom is -0.491 e. The number of nitrogens with one attached hydrogen (secondary N) is 1. The minimum atomic E-state index is -0.296. The molecule has 0 aliphatic carbocycles. The highest BCUT2D eigenvalue weighted by molar-refractivity contribution is 5.79. The smallest absolute Gasteiger partial charge is 0.224 e. The third kappa shape index (κ3) is 6.28. The topological polar surface area (TPSA) is 71.3 Å². The Bertz CT molecular complexity index is 693. The standard InChI is InChI=1S/C20H22N2O3/c1-24-13-14-25-18-9-7-16(8-10-18)15-20(23)22-19(11-12-21)17-5-3-2-4-6-17/h2-10,19H,11,13-15H2,1H3,(H,22,23). The molecular weight excluding hydrogens is 316 g/mol. The molecule has 1 atom stereocenters. The second kappa shape index (κ2) is 10.1. The molecule has 1 N–H and O–H groups in total. The SMILES string of the molecule is COCCOc1ccc(CC(=O)NC(CC#N)c2ccccc2)cc1. The Morgan fingerprint density at radius 3 is 2.48 bits per heavy atom. The number of methoxy groups -OCH3 is 1. The third-order valence-corrected chi connectivity index (χ3v) is 3.68. The fourth-order valence-corrected chi connectivity index (χ4v) is 2.41. The number of nitrogens with zero attached hydrogens (tertiary/aromatic N) is 1. The maximum atomic E-state index is 12.3. The van der Waals surface area contributed by atoms with Gasteiger partial charge in [-0.2, -0.15) is 5.26 Å². The van der Waals surface area contributed by atoms with E-state index in [-0.39, 0.29) is 24.8 Å². The van der Waals surface area contributed by atoms with Gasteiger partial charge in [0, 0.05) is 7.11 Å². The van der Waals surface area contributed by atoms with Gasteiger partial charge in [-0.05, 0) is 23.3 Å². The second-order valence-corrected chi connectivity index (χ2v) is 5.56. The van der Waals surface area contributed by atoms with Gasteiger partial charge in [0.05, 0.1) is 31.6 Å². The van der Waals surface area contributed by atoms with Crippen LogP contribution in [-0.4, -0.2) is 26.2 Å². The fourth-order valence-electron chi connectivity index (χ4n) is 2.41. The van der Waals surface area contributed by atoms with Gasteiger partial charge in [0.25, 0.3) is 0 Å². The second-order valence-electron chi connectivity index (χ2n) is 5.56. The molecule has 0 aliphatic heterocycles. The minimum absolute atomic E-state index is 0.114. The normalized spacial score (nSPS) is 11.4. The predicted octanol–water partition coefficient (Wildman–Crippen LogP) is 3.03. The van der Waals surface area contributed by atoms with Crippen molar-refractivity contribution in [1.29, 1.82) is 5.26 Å². The molecule has 0 saturated heterocycles. The van der Waals surface area contributed by atoms with Crippen LogP contribution in [0, 0.1) is 11.3 Å². The molecule has 2 aromatic carbocycles. The Balaban J connectivity index is 1.91. The van der Waals surface area contributed by atoms with Gasteiger partial charge in [0.1, 0.15) is 12.4 Å². The molecule has 0 heterocycles. The van der Waals surface area contributed by atoms with E-state index in [4.69, 9.17) is 14.7 Å². The number of carbonyl (C=O) groups is 1. The zero-order chi connectivity index (χ0) is 17.9. The summed E-state index contributed by atoms with van der Waals surface area (Å²) in [5.74, 6) is 0.630. The van der Waals surface area contributed by atoms with Crippen LogP contribution in [-0.2, 0) is 16.0 Å². The zero-order valence-corrected chi connectivity index (χ0v) is 14.3. The number of ether oxygens (including phenoxy) is 2. The largest absolute Gasteiger partial charge is 0.491 e. The van der Waals surface area contributed by atoms with E-state index in [1.54, 1.807) is 7.11 Å². The van der Waals surface area contributed by atoms with Gasteiger partial charge in [0.15, 0.2) is 0 Å². The van der Waals surface area contributed by atoms with Crippen molar-refractivity contribution in [2.75, 3.05) is 20.3 Å². The molecule has 0 aromatic heterocycles. The van der Waals surface area contributed by atoms with Crippen LogP contribution in [0.25, 0.3) is 0 Å². The lowest BCUT2D eigenvalue weighted by atomic mass is 10.0. The summed E-state index contributed by atoms with van der Waals surface area (Å²) in [6, 6.07) is 18.8. The average molecular weight is 338 g/mol. The van der Waals surface area contributed by atoms with E-state index in [0.29, 0.717) is 13.2 Å². The zero-order valence-electron chi connectivity index (χ0n) is 14.3. The van der Waals surface area contributed by atoms with Crippen molar-refractivity contribution in [3.05, 3.63) is 65.7 Å². The van der Waals surface area contributed by atoms with E-state index < -0.39 is 0 Å². The van der Waals surface area contributed by atoms with E-state index in [0.717, 1.165) is 16.9 Å². The molecule has 0 aliphatic rings. The van der Waals surface area contributed by atoms with Crippen molar-refractivity contribution in [2.45, 2.75) is 18.9 Å². The van der Waals surface area contributed by atoms with Gasteiger partial charge >= 0.3 is 0 Å². The van der Waals surface area contributed by atoms with Crippen LogP contribution in [0.4, 0.5) is 0 Å². The van der Waals surface area contributed by atoms with E-state index in [9.17, 15) is 4.79 Å². The van der Waals surface area contributed by atoms with Crippen LogP contribution in [0.3, 0.4) is 0 Å². The van der Waals surface area contributed by atoms with Crippen LogP contribution in [0.2, 0.25) is 0 Å². The van der Waals surface area contributed by atoms with Crippen molar-refractivity contribution in [2.24, 2.45) is 0 Å². The first-order valence-electron chi connectivity index (χ1n) is 8.15. The molecule has 1 amide bonds. The number of rotatable bonds is 9. The summed E-state index contributed by atoms with van der Waals surface area (Å²) in [5, 5.41) is 11.9.